The molecule has 1 fully saturated rings. The molecular formula is C16H22N4O2. The maximum atomic E-state index is 11.8. The number of benzene rings is 1. The average molecular weight is 302 g/mol. The minimum Gasteiger partial charge on any atom is -0.375 e. The van der Waals surface area contributed by atoms with Gasteiger partial charge in [0, 0.05) is 25.3 Å². The van der Waals surface area contributed by atoms with E-state index in [-0.39, 0.29) is 12.1 Å². The van der Waals surface area contributed by atoms with Crippen LogP contribution in [0.2, 0.25) is 0 Å². The van der Waals surface area contributed by atoms with Gasteiger partial charge in [-0.3, -0.25) is 4.90 Å². The summed E-state index contributed by atoms with van der Waals surface area (Å²) < 4.78 is 5.69. The summed E-state index contributed by atoms with van der Waals surface area (Å²) in [4.78, 5) is 14.2. The van der Waals surface area contributed by atoms with Crippen molar-refractivity contribution in [2.24, 2.45) is 0 Å². The second-order valence-corrected chi connectivity index (χ2v) is 5.25. The molecule has 1 aromatic carbocycles. The topological polar surface area (TPSA) is 77.4 Å². The van der Waals surface area contributed by atoms with E-state index >= 15 is 0 Å². The van der Waals surface area contributed by atoms with Gasteiger partial charge in [-0.15, -0.1) is 0 Å². The van der Waals surface area contributed by atoms with Gasteiger partial charge in [0.1, 0.15) is 0 Å². The molecule has 1 atom stereocenters. The Labute approximate surface area is 131 Å². The predicted octanol–water partition coefficient (Wildman–Crippen LogP) is 1.79. The molecule has 1 saturated heterocycles. The van der Waals surface area contributed by atoms with Crippen LogP contribution in [0.1, 0.15) is 18.9 Å². The Morgan fingerprint density at radius 3 is 3.18 bits per heavy atom. The van der Waals surface area contributed by atoms with Gasteiger partial charge < -0.3 is 15.4 Å². The zero-order valence-electron chi connectivity index (χ0n) is 12.8. The highest BCUT2D eigenvalue weighted by atomic mass is 16.5. The molecule has 0 spiro atoms. The van der Waals surface area contributed by atoms with Crippen LogP contribution in [0.3, 0.4) is 0 Å². The first-order valence-electron chi connectivity index (χ1n) is 7.60. The van der Waals surface area contributed by atoms with Crippen molar-refractivity contribution >= 4 is 11.7 Å². The van der Waals surface area contributed by atoms with Crippen molar-refractivity contribution in [1.82, 2.24) is 10.2 Å². The van der Waals surface area contributed by atoms with E-state index in [2.05, 4.69) is 22.5 Å². The first-order valence-corrected chi connectivity index (χ1v) is 7.60. The molecule has 2 amide bonds. The van der Waals surface area contributed by atoms with Crippen LogP contribution >= 0.6 is 0 Å². The fourth-order valence-electron chi connectivity index (χ4n) is 2.43. The molecule has 2 rings (SSSR count). The standard InChI is InChI=1S/C16H22N4O2/c1-2-20-8-9-22-15(12-20)6-7-18-16(21)19-14-5-3-4-13(10-14)11-17/h3-5,10,15H,2,6-9,12H2,1H3,(H2,18,19,21). The van der Waals surface area contributed by atoms with Gasteiger partial charge in [-0.25, -0.2) is 4.79 Å². The molecule has 1 aromatic rings. The summed E-state index contributed by atoms with van der Waals surface area (Å²) >= 11 is 0. The van der Waals surface area contributed by atoms with Gasteiger partial charge >= 0.3 is 6.03 Å². The number of rotatable bonds is 5. The number of carbonyl (C=O) groups excluding carboxylic acids is 1. The predicted molar refractivity (Wildman–Crippen MR) is 84.6 cm³/mol. The Kier molecular flexibility index (Phi) is 6.19. The Balaban J connectivity index is 1.70. The van der Waals surface area contributed by atoms with E-state index < -0.39 is 0 Å². The van der Waals surface area contributed by atoms with Crippen molar-refractivity contribution in [3.05, 3.63) is 29.8 Å². The number of amides is 2. The second kappa shape index (κ2) is 8.37. The molecule has 22 heavy (non-hydrogen) atoms. The summed E-state index contributed by atoms with van der Waals surface area (Å²) in [5.74, 6) is 0. The Hall–Kier alpha value is -2.10. The molecule has 1 aliphatic rings. The van der Waals surface area contributed by atoms with Crippen LogP contribution in [0.15, 0.2) is 24.3 Å². The maximum absolute atomic E-state index is 11.8. The van der Waals surface area contributed by atoms with Gasteiger partial charge in [0.2, 0.25) is 0 Å². The normalized spacial score (nSPS) is 18.5. The first-order chi connectivity index (χ1) is 10.7. The van der Waals surface area contributed by atoms with E-state index in [0.717, 1.165) is 32.7 Å². The number of ether oxygens (including phenoxy) is 1. The summed E-state index contributed by atoms with van der Waals surface area (Å²) in [6.45, 7) is 6.39. The molecule has 6 nitrogen and oxygen atoms in total. The molecular weight excluding hydrogens is 280 g/mol. The van der Waals surface area contributed by atoms with E-state index in [1.807, 2.05) is 6.07 Å². The third-order valence-corrected chi connectivity index (χ3v) is 3.67. The fraction of sp³-hybridized carbons (Fsp3) is 0.500. The number of nitrogens with one attached hydrogen (secondary N) is 2. The lowest BCUT2D eigenvalue weighted by molar-refractivity contribution is -0.0294. The molecule has 6 heteroatoms. The highest BCUT2D eigenvalue weighted by molar-refractivity contribution is 5.89. The number of morpholine rings is 1. The number of hydrogen-bond acceptors (Lipinski definition) is 4. The van der Waals surface area contributed by atoms with Crippen LogP contribution in [0.4, 0.5) is 10.5 Å². The van der Waals surface area contributed by atoms with Gasteiger partial charge in [0.15, 0.2) is 0 Å². The van der Waals surface area contributed by atoms with E-state index in [1.54, 1.807) is 24.3 Å². The van der Waals surface area contributed by atoms with Gasteiger partial charge in [-0.1, -0.05) is 13.0 Å². The Morgan fingerprint density at radius 2 is 2.41 bits per heavy atom. The van der Waals surface area contributed by atoms with Crippen molar-refractivity contribution in [3.8, 4) is 6.07 Å². The third-order valence-electron chi connectivity index (χ3n) is 3.67. The lowest BCUT2D eigenvalue weighted by Gasteiger charge is -2.32. The van der Waals surface area contributed by atoms with Crippen molar-refractivity contribution in [3.63, 3.8) is 0 Å². The highest BCUT2D eigenvalue weighted by Gasteiger charge is 2.18. The maximum Gasteiger partial charge on any atom is 0.319 e. The zero-order valence-corrected chi connectivity index (χ0v) is 12.8. The van der Waals surface area contributed by atoms with Crippen molar-refractivity contribution in [2.45, 2.75) is 19.4 Å². The van der Waals surface area contributed by atoms with Crippen LogP contribution in [0, 0.1) is 11.3 Å². The number of urea groups is 1. The molecule has 0 aliphatic carbocycles. The Bertz CT molecular complexity index is 541. The van der Waals surface area contributed by atoms with E-state index in [0.29, 0.717) is 17.8 Å². The molecule has 2 N–H and O–H groups in total. The molecule has 0 saturated carbocycles. The summed E-state index contributed by atoms with van der Waals surface area (Å²) in [6.07, 6.45) is 0.971. The lowest BCUT2D eigenvalue weighted by Crippen LogP contribution is -2.43. The number of nitrogens with zero attached hydrogens (tertiary/aromatic N) is 2. The first kappa shape index (κ1) is 16.3. The molecule has 0 bridgehead atoms. The van der Waals surface area contributed by atoms with Crippen molar-refractivity contribution in [1.29, 1.82) is 5.26 Å². The minimum atomic E-state index is -0.266. The molecule has 0 aromatic heterocycles. The smallest absolute Gasteiger partial charge is 0.319 e. The highest BCUT2D eigenvalue weighted by Crippen LogP contribution is 2.10. The summed E-state index contributed by atoms with van der Waals surface area (Å²) in [5, 5.41) is 14.4. The second-order valence-electron chi connectivity index (χ2n) is 5.25. The van der Waals surface area contributed by atoms with Gasteiger partial charge in [-0.05, 0) is 31.2 Å². The fourth-order valence-corrected chi connectivity index (χ4v) is 2.43. The van der Waals surface area contributed by atoms with Crippen LogP contribution in [0.5, 0.6) is 0 Å². The zero-order chi connectivity index (χ0) is 15.8. The van der Waals surface area contributed by atoms with Crippen LogP contribution in [0.25, 0.3) is 0 Å². The summed E-state index contributed by atoms with van der Waals surface area (Å²) in [6, 6.07) is 8.61. The molecule has 1 heterocycles. The van der Waals surface area contributed by atoms with E-state index in [1.165, 1.54) is 0 Å². The van der Waals surface area contributed by atoms with Crippen LogP contribution < -0.4 is 10.6 Å². The van der Waals surface area contributed by atoms with Crippen LogP contribution in [-0.2, 0) is 4.74 Å². The Morgan fingerprint density at radius 1 is 1.55 bits per heavy atom. The SMILES string of the molecule is CCN1CCOC(CCNC(=O)Nc2cccc(C#N)c2)C1. The monoisotopic (exact) mass is 302 g/mol. The molecule has 1 aliphatic heterocycles. The molecule has 1 unspecified atom stereocenters. The number of likely N-dealkylation sites (N-methyl/N-ethyl adjacent to an activating group) is 1. The third kappa shape index (κ3) is 5.02. The van der Waals surface area contributed by atoms with Crippen molar-refractivity contribution < 1.29 is 9.53 Å². The average Bonchev–Trinajstić information content (AvgIpc) is 2.55. The lowest BCUT2D eigenvalue weighted by atomic mass is 10.2. The van der Waals surface area contributed by atoms with E-state index in [4.69, 9.17) is 10.00 Å². The van der Waals surface area contributed by atoms with E-state index in [9.17, 15) is 4.79 Å². The molecule has 0 radical (unpaired) electrons. The quantitative estimate of drug-likeness (QED) is 0.869. The number of nitriles is 1. The van der Waals surface area contributed by atoms with Crippen LogP contribution in [-0.4, -0.2) is 49.8 Å². The summed E-state index contributed by atoms with van der Waals surface area (Å²) in [5.41, 5.74) is 1.13. The van der Waals surface area contributed by atoms with Gasteiger partial charge in [-0.2, -0.15) is 5.26 Å². The van der Waals surface area contributed by atoms with Gasteiger partial charge in [0.25, 0.3) is 0 Å². The van der Waals surface area contributed by atoms with Gasteiger partial charge in [0.05, 0.1) is 24.3 Å². The largest absolute Gasteiger partial charge is 0.375 e. The summed E-state index contributed by atoms with van der Waals surface area (Å²) in [7, 11) is 0. The molecule has 118 valence electrons. The minimum absolute atomic E-state index is 0.177. The number of carbonyl (C=O) groups is 1. The number of anilines is 1. The van der Waals surface area contributed by atoms with Crippen molar-refractivity contribution in [2.75, 3.05) is 38.1 Å². The number of hydrogen-bond donors (Lipinski definition) is 2.